The second-order valence-corrected chi connectivity index (χ2v) is 9.05. The first-order chi connectivity index (χ1) is 14.4. The van der Waals surface area contributed by atoms with E-state index in [9.17, 15) is 4.79 Å². The van der Waals surface area contributed by atoms with Crippen LogP contribution >= 0.6 is 0 Å². The van der Waals surface area contributed by atoms with Crippen molar-refractivity contribution in [2.45, 2.75) is 78.0 Å². The van der Waals surface area contributed by atoms with Crippen LogP contribution < -0.4 is 5.32 Å². The summed E-state index contributed by atoms with van der Waals surface area (Å²) in [6, 6.07) is 9.85. The SMILES string of the molecule is Cc1noc(C)c1CC(=O)N1Cc2ccccc2NCC[C@H]2CC[C@@H](C1)N2C(C)C. The smallest absolute Gasteiger partial charge is 0.227 e. The van der Waals surface area contributed by atoms with Crippen molar-refractivity contribution >= 4 is 11.6 Å². The number of hydrogen-bond acceptors (Lipinski definition) is 5. The standard InChI is InChI=1S/C24H34N4O2/c1-16(2)28-20-9-10-21(28)15-27(24(29)13-22-17(3)26-30-18(22)4)14-19-7-5-6-8-23(19)25-12-11-20/h5-8,16,20-21,25H,9-15H2,1-4H3/t20-,21+/m1/s1. The van der Waals surface area contributed by atoms with E-state index in [0.29, 0.717) is 31.1 Å². The van der Waals surface area contributed by atoms with Crippen LogP contribution in [0.1, 0.15) is 55.7 Å². The summed E-state index contributed by atoms with van der Waals surface area (Å²) < 4.78 is 5.30. The summed E-state index contributed by atoms with van der Waals surface area (Å²) in [6.07, 6.45) is 3.84. The van der Waals surface area contributed by atoms with E-state index in [0.717, 1.165) is 48.6 Å². The highest BCUT2D eigenvalue weighted by Crippen LogP contribution is 2.31. The molecule has 6 nitrogen and oxygen atoms in total. The van der Waals surface area contributed by atoms with Crippen LogP contribution in [0.2, 0.25) is 0 Å². The zero-order chi connectivity index (χ0) is 21.3. The van der Waals surface area contributed by atoms with E-state index in [4.69, 9.17) is 4.52 Å². The van der Waals surface area contributed by atoms with Gasteiger partial charge in [0.1, 0.15) is 5.76 Å². The van der Waals surface area contributed by atoms with Crippen molar-refractivity contribution in [1.82, 2.24) is 15.0 Å². The number of aromatic nitrogens is 1. The summed E-state index contributed by atoms with van der Waals surface area (Å²) in [4.78, 5) is 18.2. The number of rotatable bonds is 3. The van der Waals surface area contributed by atoms with E-state index in [2.05, 4.69) is 58.4 Å². The zero-order valence-electron chi connectivity index (χ0n) is 18.6. The Kier molecular flexibility index (Phi) is 6.14. The van der Waals surface area contributed by atoms with Gasteiger partial charge in [0.2, 0.25) is 5.91 Å². The van der Waals surface area contributed by atoms with Gasteiger partial charge < -0.3 is 14.7 Å². The molecule has 2 aromatic rings. The summed E-state index contributed by atoms with van der Waals surface area (Å²) in [7, 11) is 0. The number of para-hydroxylation sites is 1. The monoisotopic (exact) mass is 410 g/mol. The molecule has 0 unspecified atom stereocenters. The molecule has 0 spiro atoms. The van der Waals surface area contributed by atoms with Crippen molar-refractivity contribution in [2.75, 3.05) is 18.4 Å². The van der Waals surface area contributed by atoms with Gasteiger partial charge in [0.15, 0.2) is 0 Å². The first kappa shape index (κ1) is 20.9. The molecular formula is C24H34N4O2. The van der Waals surface area contributed by atoms with Crippen LogP contribution in [0.5, 0.6) is 0 Å². The summed E-state index contributed by atoms with van der Waals surface area (Å²) in [5.74, 6) is 0.885. The number of carbonyl (C=O) groups excluding carboxylic acids is 1. The Hall–Kier alpha value is -2.34. The first-order valence-corrected chi connectivity index (χ1v) is 11.2. The van der Waals surface area contributed by atoms with Crippen molar-refractivity contribution in [3.63, 3.8) is 0 Å². The molecule has 2 bridgehead atoms. The molecule has 6 heteroatoms. The molecule has 2 aliphatic rings. The molecule has 1 amide bonds. The van der Waals surface area contributed by atoms with Gasteiger partial charge in [-0.1, -0.05) is 23.4 Å². The molecule has 162 valence electrons. The molecular weight excluding hydrogens is 376 g/mol. The molecule has 2 atom stereocenters. The highest BCUT2D eigenvalue weighted by Gasteiger charge is 2.37. The second kappa shape index (κ2) is 8.80. The predicted molar refractivity (Wildman–Crippen MR) is 118 cm³/mol. The Bertz CT molecular complexity index is 872. The Labute approximate surface area is 179 Å². The minimum atomic E-state index is 0.144. The number of benzene rings is 1. The van der Waals surface area contributed by atoms with Gasteiger partial charge in [0.25, 0.3) is 0 Å². The Morgan fingerprint density at radius 1 is 1.20 bits per heavy atom. The number of fused-ring (bicyclic) bond motifs is 3. The minimum Gasteiger partial charge on any atom is -0.385 e. The van der Waals surface area contributed by atoms with Crippen molar-refractivity contribution in [1.29, 1.82) is 0 Å². The average Bonchev–Trinajstić information content (AvgIpc) is 3.25. The van der Waals surface area contributed by atoms with E-state index in [1.54, 1.807) is 0 Å². The van der Waals surface area contributed by atoms with Gasteiger partial charge >= 0.3 is 0 Å². The topological polar surface area (TPSA) is 61.6 Å². The molecule has 4 rings (SSSR count). The lowest BCUT2D eigenvalue weighted by Crippen LogP contribution is -2.48. The normalized spacial score (nSPS) is 22.5. The fourth-order valence-electron chi connectivity index (χ4n) is 5.24. The van der Waals surface area contributed by atoms with Crippen LogP contribution in [-0.4, -0.2) is 52.1 Å². The van der Waals surface area contributed by atoms with Crippen LogP contribution in [0, 0.1) is 13.8 Å². The lowest BCUT2D eigenvalue weighted by molar-refractivity contribution is -0.132. The third-order valence-corrected chi connectivity index (χ3v) is 6.74. The van der Waals surface area contributed by atoms with Crippen LogP contribution in [0.3, 0.4) is 0 Å². The number of carbonyl (C=O) groups is 1. The fourth-order valence-corrected chi connectivity index (χ4v) is 5.24. The van der Waals surface area contributed by atoms with Gasteiger partial charge in [0, 0.05) is 49.0 Å². The fraction of sp³-hybridized carbons (Fsp3) is 0.583. The lowest BCUT2D eigenvalue weighted by Gasteiger charge is -2.36. The molecule has 0 radical (unpaired) electrons. The van der Waals surface area contributed by atoms with E-state index in [1.165, 1.54) is 12.0 Å². The van der Waals surface area contributed by atoms with Gasteiger partial charge in [-0.25, -0.2) is 0 Å². The van der Waals surface area contributed by atoms with Gasteiger partial charge in [-0.05, 0) is 58.6 Å². The Balaban J connectivity index is 1.64. The van der Waals surface area contributed by atoms with E-state index in [1.807, 2.05) is 13.8 Å². The van der Waals surface area contributed by atoms with Gasteiger partial charge in [-0.3, -0.25) is 9.69 Å². The molecule has 1 aromatic carbocycles. The highest BCUT2D eigenvalue weighted by atomic mass is 16.5. The van der Waals surface area contributed by atoms with E-state index in [-0.39, 0.29) is 5.91 Å². The molecule has 30 heavy (non-hydrogen) atoms. The molecule has 1 aromatic heterocycles. The van der Waals surface area contributed by atoms with Crippen molar-refractivity contribution < 1.29 is 9.32 Å². The quantitative estimate of drug-likeness (QED) is 0.831. The minimum absolute atomic E-state index is 0.144. The van der Waals surface area contributed by atoms with Crippen LogP contribution in [0.25, 0.3) is 0 Å². The summed E-state index contributed by atoms with van der Waals surface area (Å²) in [5, 5.41) is 7.67. The highest BCUT2D eigenvalue weighted by molar-refractivity contribution is 5.79. The summed E-state index contributed by atoms with van der Waals surface area (Å²) in [5.41, 5.74) is 4.05. The molecule has 2 aliphatic heterocycles. The van der Waals surface area contributed by atoms with E-state index >= 15 is 0 Å². The number of amides is 1. The number of nitrogens with one attached hydrogen (secondary N) is 1. The molecule has 1 fully saturated rings. The molecule has 1 N–H and O–H groups in total. The maximum absolute atomic E-state index is 13.5. The predicted octanol–water partition coefficient (Wildman–Crippen LogP) is 3.92. The average molecular weight is 411 g/mol. The van der Waals surface area contributed by atoms with Gasteiger partial charge in [-0.15, -0.1) is 0 Å². The zero-order valence-corrected chi connectivity index (χ0v) is 18.6. The molecule has 1 saturated heterocycles. The van der Waals surface area contributed by atoms with Crippen molar-refractivity contribution in [2.24, 2.45) is 0 Å². The molecule has 0 aliphatic carbocycles. The number of nitrogens with zero attached hydrogens (tertiary/aromatic N) is 3. The number of aryl methyl sites for hydroxylation is 2. The van der Waals surface area contributed by atoms with E-state index < -0.39 is 0 Å². The van der Waals surface area contributed by atoms with Crippen LogP contribution in [0.15, 0.2) is 28.8 Å². The van der Waals surface area contributed by atoms with Crippen LogP contribution in [-0.2, 0) is 17.8 Å². The maximum Gasteiger partial charge on any atom is 0.227 e. The van der Waals surface area contributed by atoms with Gasteiger partial charge in [0.05, 0.1) is 12.1 Å². The second-order valence-electron chi connectivity index (χ2n) is 9.05. The Morgan fingerprint density at radius 3 is 2.70 bits per heavy atom. The third-order valence-electron chi connectivity index (χ3n) is 6.74. The summed E-state index contributed by atoms with van der Waals surface area (Å²) in [6.45, 7) is 10.7. The maximum atomic E-state index is 13.5. The first-order valence-electron chi connectivity index (χ1n) is 11.2. The summed E-state index contributed by atoms with van der Waals surface area (Å²) >= 11 is 0. The van der Waals surface area contributed by atoms with Crippen LogP contribution in [0.4, 0.5) is 5.69 Å². The lowest BCUT2D eigenvalue weighted by atomic mass is 10.1. The number of hydrogen-bond donors (Lipinski definition) is 1. The third kappa shape index (κ3) is 4.24. The van der Waals surface area contributed by atoms with Gasteiger partial charge in [-0.2, -0.15) is 0 Å². The largest absolute Gasteiger partial charge is 0.385 e. The number of anilines is 1. The Morgan fingerprint density at radius 2 is 1.97 bits per heavy atom. The molecule has 0 saturated carbocycles. The van der Waals surface area contributed by atoms with Crippen molar-refractivity contribution in [3.8, 4) is 0 Å². The molecule has 3 heterocycles. The van der Waals surface area contributed by atoms with Crippen molar-refractivity contribution in [3.05, 3.63) is 46.8 Å².